The number of hydrogen-bond acceptors (Lipinski definition) is 6. The van der Waals surface area contributed by atoms with Gasteiger partial charge in [0.15, 0.2) is 17.8 Å². The van der Waals surface area contributed by atoms with E-state index in [9.17, 15) is 22.4 Å². The Kier molecular flexibility index (Phi) is 4.10. The average molecular weight is 309 g/mol. The fraction of sp³-hybridized carbons (Fsp3) is 0.300. The zero-order valence-electron chi connectivity index (χ0n) is 10.3. The first kappa shape index (κ1) is 14.8. The third-order valence-electron chi connectivity index (χ3n) is 2.28. The SMILES string of the molecule is Cc1onc(OC(F)F)c1NC(=O)c1ocnc1C(F)F. The smallest absolute Gasteiger partial charge is 0.388 e. The Hall–Kier alpha value is -2.59. The highest BCUT2D eigenvalue weighted by Gasteiger charge is 2.27. The normalized spacial score (nSPS) is 11.2. The molecule has 0 fully saturated rings. The molecule has 0 aliphatic carbocycles. The van der Waals surface area contributed by atoms with Gasteiger partial charge in [-0.3, -0.25) is 4.79 Å². The topological polar surface area (TPSA) is 90.4 Å². The summed E-state index contributed by atoms with van der Waals surface area (Å²) in [5, 5.41) is 5.20. The van der Waals surface area contributed by atoms with Crippen molar-refractivity contribution >= 4 is 11.6 Å². The molecule has 0 aliphatic heterocycles. The van der Waals surface area contributed by atoms with Gasteiger partial charge in [-0.05, 0) is 12.1 Å². The van der Waals surface area contributed by atoms with Crippen LogP contribution in [0.5, 0.6) is 5.88 Å². The predicted octanol–water partition coefficient (Wildman–Crippen LogP) is 2.76. The Morgan fingerprint density at radius 2 is 2.10 bits per heavy atom. The standard InChI is InChI=1S/C10H7F4N3O4/c1-3-4(9(17-21-3)20-10(13)14)16-8(18)6-5(7(11)12)15-2-19-6/h2,7,10H,1H3,(H,16,18). The molecule has 11 heteroatoms. The van der Waals surface area contributed by atoms with Gasteiger partial charge in [-0.1, -0.05) is 0 Å². The van der Waals surface area contributed by atoms with Crippen LogP contribution in [0.25, 0.3) is 0 Å². The van der Waals surface area contributed by atoms with E-state index in [-0.39, 0.29) is 11.4 Å². The average Bonchev–Trinajstić information content (AvgIpc) is 2.99. The van der Waals surface area contributed by atoms with E-state index in [0.29, 0.717) is 6.39 Å². The summed E-state index contributed by atoms with van der Waals surface area (Å²) in [6.07, 6.45) is -2.38. The summed E-state index contributed by atoms with van der Waals surface area (Å²) < 4.78 is 62.6. The second-order valence-corrected chi connectivity index (χ2v) is 3.62. The highest BCUT2D eigenvalue weighted by Crippen LogP contribution is 2.30. The maximum absolute atomic E-state index is 12.6. The molecule has 2 aromatic rings. The van der Waals surface area contributed by atoms with Crippen LogP contribution in [-0.2, 0) is 0 Å². The van der Waals surface area contributed by atoms with Gasteiger partial charge in [0.25, 0.3) is 18.2 Å². The quantitative estimate of drug-likeness (QED) is 0.854. The minimum atomic E-state index is -3.20. The number of halogens is 4. The summed E-state index contributed by atoms with van der Waals surface area (Å²) in [5.41, 5.74) is -1.20. The third-order valence-corrected chi connectivity index (χ3v) is 2.28. The molecule has 0 saturated carbocycles. The second-order valence-electron chi connectivity index (χ2n) is 3.62. The van der Waals surface area contributed by atoms with Crippen molar-refractivity contribution in [1.29, 1.82) is 0 Å². The molecule has 1 amide bonds. The number of nitrogens with zero attached hydrogens (tertiary/aromatic N) is 2. The van der Waals surface area contributed by atoms with Gasteiger partial charge in [0, 0.05) is 0 Å². The zero-order chi connectivity index (χ0) is 15.6. The number of amides is 1. The number of hydrogen-bond donors (Lipinski definition) is 1. The summed E-state index contributed by atoms with van der Waals surface area (Å²) >= 11 is 0. The number of alkyl halides is 4. The lowest BCUT2D eigenvalue weighted by molar-refractivity contribution is -0.0541. The van der Waals surface area contributed by atoms with Gasteiger partial charge in [0.1, 0.15) is 5.69 Å². The van der Waals surface area contributed by atoms with Crippen molar-refractivity contribution in [2.45, 2.75) is 20.0 Å². The first-order chi connectivity index (χ1) is 9.90. The Morgan fingerprint density at radius 3 is 2.71 bits per heavy atom. The van der Waals surface area contributed by atoms with Gasteiger partial charge in [-0.2, -0.15) is 8.78 Å². The van der Waals surface area contributed by atoms with Crippen LogP contribution >= 0.6 is 0 Å². The minimum absolute atomic E-state index is 0.0582. The van der Waals surface area contributed by atoms with Crippen molar-refractivity contribution < 1.29 is 36.0 Å². The van der Waals surface area contributed by atoms with Crippen molar-refractivity contribution in [3.8, 4) is 5.88 Å². The molecule has 2 rings (SSSR count). The highest BCUT2D eigenvalue weighted by atomic mass is 19.3. The first-order valence-electron chi connectivity index (χ1n) is 5.34. The van der Waals surface area contributed by atoms with Crippen LogP contribution in [0, 0.1) is 6.92 Å². The monoisotopic (exact) mass is 309 g/mol. The number of carbonyl (C=O) groups excluding carboxylic acids is 1. The van der Waals surface area contributed by atoms with Crippen molar-refractivity contribution in [2.24, 2.45) is 0 Å². The van der Waals surface area contributed by atoms with Crippen LogP contribution in [0.3, 0.4) is 0 Å². The molecule has 0 atom stereocenters. The Labute approximate surface area is 113 Å². The highest BCUT2D eigenvalue weighted by molar-refractivity contribution is 6.03. The minimum Gasteiger partial charge on any atom is -0.438 e. The van der Waals surface area contributed by atoms with E-state index >= 15 is 0 Å². The second kappa shape index (κ2) is 5.81. The Morgan fingerprint density at radius 1 is 1.38 bits per heavy atom. The van der Waals surface area contributed by atoms with Gasteiger partial charge in [0.05, 0.1) is 0 Å². The summed E-state index contributed by atoms with van der Waals surface area (Å²) in [6, 6.07) is 0. The van der Waals surface area contributed by atoms with Gasteiger partial charge >= 0.3 is 6.61 Å². The van der Waals surface area contributed by atoms with Crippen LogP contribution < -0.4 is 10.1 Å². The molecule has 0 spiro atoms. The van der Waals surface area contributed by atoms with E-state index < -0.39 is 36.3 Å². The molecule has 2 heterocycles. The van der Waals surface area contributed by atoms with Crippen LogP contribution in [0.15, 0.2) is 15.3 Å². The molecule has 0 aliphatic rings. The third kappa shape index (κ3) is 3.12. The Bertz CT molecular complexity index is 640. The molecule has 114 valence electrons. The Balaban J connectivity index is 2.23. The lowest BCUT2D eigenvalue weighted by Gasteiger charge is -2.05. The van der Waals surface area contributed by atoms with Crippen LogP contribution in [0.4, 0.5) is 23.2 Å². The molecule has 7 nitrogen and oxygen atoms in total. The number of aryl methyl sites for hydroxylation is 1. The predicted molar refractivity (Wildman–Crippen MR) is 57.3 cm³/mol. The van der Waals surface area contributed by atoms with E-state index in [4.69, 9.17) is 0 Å². The lowest BCUT2D eigenvalue weighted by Crippen LogP contribution is -2.15. The fourth-order valence-electron chi connectivity index (χ4n) is 1.41. The van der Waals surface area contributed by atoms with E-state index in [1.165, 1.54) is 6.92 Å². The number of carbonyl (C=O) groups is 1. The summed E-state index contributed by atoms with van der Waals surface area (Å²) in [4.78, 5) is 15.0. The van der Waals surface area contributed by atoms with E-state index in [0.717, 1.165) is 0 Å². The van der Waals surface area contributed by atoms with Gasteiger partial charge in [-0.25, -0.2) is 13.8 Å². The molecular weight excluding hydrogens is 302 g/mol. The molecule has 0 aromatic carbocycles. The van der Waals surface area contributed by atoms with Crippen molar-refractivity contribution in [3.05, 3.63) is 23.6 Å². The number of oxazole rings is 1. The van der Waals surface area contributed by atoms with E-state index in [2.05, 4.69) is 23.8 Å². The summed E-state index contributed by atoms with van der Waals surface area (Å²) in [7, 11) is 0. The molecule has 0 radical (unpaired) electrons. The van der Waals surface area contributed by atoms with E-state index in [1.807, 2.05) is 5.32 Å². The van der Waals surface area contributed by atoms with Gasteiger partial charge in [-0.15, -0.1) is 0 Å². The maximum atomic E-state index is 12.6. The number of aromatic nitrogens is 2. The van der Waals surface area contributed by atoms with Crippen molar-refractivity contribution in [2.75, 3.05) is 5.32 Å². The summed E-state index contributed by atoms with van der Waals surface area (Å²) in [6.45, 7) is -1.90. The number of nitrogens with one attached hydrogen (secondary N) is 1. The number of rotatable bonds is 5. The van der Waals surface area contributed by atoms with Gasteiger partial charge in [0.2, 0.25) is 5.76 Å². The molecule has 2 aromatic heterocycles. The summed E-state index contributed by atoms with van der Waals surface area (Å²) in [5.74, 6) is -2.63. The fourth-order valence-corrected chi connectivity index (χ4v) is 1.41. The number of anilines is 1. The molecule has 0 bridgehead atoms. The largest absolute Gasteiger partial charge is 0.438 e. The molecule has 21 heavy (non-hydrogen) atoms. The zero-order valence-corrected chi connectivity index (χ0v) is 10.3. The molecule has 1 N–H and O–H groups in total. The van der Waals surface area contributed by atoms with Crippen molar-refractivity contribution in [1.82, 2.24) is 10.1 Å². The molecular formula is C10H7F4N3O4. The van der Waals surface area contributed by atoms with E-state index in [1.54, 1.807) is 0 Å². The van der Waals surface area contributed by atoms with Crippen molar-refractivity contribution in [3.63, 3.8) is 0 Å². The first-order valence-corrected chi connectivity index (χ1v) is 5.34. The van der Waals surface area contributed by atoms with Crippen LogP contribution in [-0.4, -0.2) is 22.7 Å². The molecule has 0 saturated heterocycles. The van der Waals surface area contributed by atoms with Gasteiger partial charge < -0.3 is 19.0 Å². The van der Waals surface area contributed by atoms with Crippen LogP contribution in [0.2, 0.25) is 0 Å². The maximum Gasteiger partial charge on any atom is 0.388 e. The lowest BCUT2D eigenvalue weighted by atomic mass is 10.3. The number of ether oxygens (including phenoxy) is 1. The molecule has 0 unspecified atom stereocenters. The van der Waals surface area contributed by atoms with Crippen LogP contribution in [0.1, 0.15) is 28.4 Å².